The van der Waals surface area contributed by atoms with Crippen LogP contribution in [0.1, 0.15) is 39.1 Å². The zero-order valence-corrected chi connectivity index (χ0v) is 19.6. The molecule has 1 N–H and O–H groups in total. The highest BCUT2D eigenvalue weighted by Gasteiger charge is 2.27. The van der Waals surface area contributed by atoms with E-state index in [9.17, 15) is 19.7 Å². The molecule has 10 nitrogen and oxygen atoms in total. The third-order valence-electron chi connectivity index (χ3n) is 5.78. The van der Waals surface area contributed by atoms with Crippen LogP contribution < -0.4 is 5.32 Å². The number of piperidine rings is 1. The molecule has 1 aliphatic heterocycles. The highest BCUT2D eigenvalue weighted by molar-refractivity contribution is 7.99. The van der Waals surface area contributed by atoms with Crippen LogP contribution >= 0.6 is 11.8 Å². The molecule has 0 atom stereocenters. The molecule has 2 aromatic carbocycles. The maximum atomic E-state index is 13.0. The fourth-order valence-electron chi connectivity index (χ4n) is 3.84. The van der Waals surface area contributed by atoms with E-state index in [4.69, 9.17) is 0 Å². The van der Waals surface area contributed by atoms with E-state index < -0.39 is 4.92 Å². The topological polar surface area (TPSA) is 123 Å². The molecule has 0 unspecified atom stereocenters. The van der Waals surface area contributed by atoms with Crippen LogP contribution in [0.4, 0.5) is 5.69 Å². The second kappa shape index (κ2) is 10.0. The molecule has 0 aliphatic carbocycles. The van der Waals surface area contributed by atoms with Crippen molar-refractivity contribution in [1.82, 2.24) is 25.0 Å². The number of hydrogen-bond donors (Lipinski definition) is 1. The summed E-state index contributed by atoms with van der Waals surface area (Å²) in [6, 6.07) is 11.9. The Balaban J connectivity index is 1.40. The van der Waals surface area contributed by atoms with Crippen LogP contribution in [0.15, 0.2) is 58.8 Å². The minimum absolute atomic E-state index is 0.0318. The quantitative estimate of drug-likeness (QED) is 0.424. The molecule has 176 valence electrons. The van der Waals surface area contributed by atoms with Gasteiger partial charge in [0.25, 0.3) is 17.5 Å². The van der Waals surface area contributed by atoms with E-state index in [0.29, 0.717) is 41.5 Å². The first-order chi connectivity index (χ1) is 16.3. The van der Waals surface area contributed by atoms with Gasteiger partial charge >= 0.3 is 0 Å². The predicted molar refractivity (Wildman–Crippen MR) is 126 cm³/mol. The standard InChI is InChI=1S/C23H24N6O4S/c1-15-5-3-4-6-18(15)21(30)25-17-9-11-28(12-10-17)22(31)16-7-8-20(19(13-16)29(32)33)34-23-26-24-14-27(23)2/h3-8,13-14,17H,9-12H2,1-2H3,(H,25,30). The van der Waals surface area contributed by atoms with E-state index in [1.54, 1.807) is 34.7 Å². The molecule has 0 spiro atoms. The van der Waals surface area contributed by atoms with Gasteiger partial charge in [0.1, 0.15) is 6.33 Å². The molecule has 11 heteroatoms. The average Bonchev–Trinajstić information content (AvgIpc) is 3.23. The van der Waals surface area contributed by atoms with Gasteiger partial charge in [-0.3, -0.25) is 19.7 Å². The molecule has 1 saturated heterocycles. The van der Waals surface area contributed by atoms with E-state index in [-0.39, 0.29) is 29.1 Å². The van der Waals surface area contributed by atoms with Crippen molar-refractivity contribution in [1.29, 1.82) is 0 Å². The Bertz CT molecular complexity index is 1240. The van der Waals surface area contributed by atoms with Gasteiger partial charge in [0.15, 0.2) is 5.16 Å². The van der Waals surface area contributed by atoms with Gasteiger partial charge in [0, 0.05) is 43.4 Å². The normalized spacial score (nSPS) is 14.1. The number of aromatic nitrogens is 3. The van der Waals surface area contributed by atoms with Crippen LogP contribution in [0.2, 0.25) is 0 Å². The van der Waals surface area contributed by atoms with Crippen LogP contribution in [0.25, 0.3) is 0 Å². The zero-order valence-electron chi connectivity index (χ0n) is 18.8. The number of likely N-dealkylation sites (tertiary alicyclic amines) is 1. The molecule has 34 heavy (non-hydrogen) atoms. The summed E-state index contributed by atoms with van der Waals surface area (Å²) in [5.41, 5.74) is 1.67. The van der Waals surface area contributed by atoms with Crippen molar-refractivity contribution < 1.29 is 14.5 Å². The number of aryl methyl sites for hydroxylation is 2. The van der Waals surface area contributed by atoms with E-state index in [0.717, 1.165) is 17.3 Å². The minimum atomic E-state index is -0.497. The number of nitrogens with zero attached hydrogens (tertiary/aromatic N) is 5. The van der Waals surface area contributed by atoms with Gasteiger partial charge in [-0.1, -0.05) is 18.2 Å². The molecule has 2 heterocycles. The van der Waals surface area contributed by atoms with Crippen molar-refractivity contribution >= 4 is 29.3 Å². The number of nitrogens with one attached hydrogen (secondary N) is 1. The molecule has 1 aromatic heterocycles. The number of carbonyl (C=O) groups excluding carboxylic acids is 2. The summed E-state index contributed by atoms with van der Waals surface area (Å²) >= 11 is 1.12. The summed E-state index contributed by atoms with van der Waals surface area (Å²) in [5, 5.41) is 22.9. The van der Waals surface area contributed by atoms with Gasteiger partial charge in [-0.15, -0.1) is 10.2 Å². The number of hydrogen-bond acceptors (Lipinski definition) is 7. The Morgan fingerprint density at radius 3 is 2.56 bits per heavy atom. The van der Waals surface area contributed by atoms with Gasteiger partial charge in [-0.25, -0.2) is 0 Å². The van der Waals surface area contributed by atoms with Crippen molar-refractivity contribution in [2.75, 3.05) is 13.1 Å². The maximum absolute atomic E-state index is 13.0. The predicted octanol–water partition coefficient (Wildman–Crippen LogP) is 3.22. The van der Waals surface area contributed by atoms with Gasteiger partial charge in [-0.2, -0.15) is 0 Å². The number of nitro benzene ring substituents is 1. The third-order valence-corrected chi connectivity index (χ3v) is 6.90. The van der Waals surface area contributed by atoms with E-state index in [1.165, 1.54) is 12.4 Å². The van der Waals surface area contributed by atoms with E-state index >= 15 is 0 Å². The van der Waals surface area contributed by atoms with Gasteiger partial charge in [0.2, 0.25) is 0 Å². The molecule has 1 fully saturated rings. The monoisotopic (exact) mass is 480 g/mol. The molecule has 0 bridgehead atoms. The molecule has 3 aromatic rings. The molecular formula is C23H24N6O4S. The number of rotatable bonds is 6. The Hall–Kier alpha value is -3.73. The molecule has 1 aliphatic rings. The van der Waals surface area contributed by atoms with Crippen molar-refractivity contribution in [2.24, 2.45) is 7.05 Å². The summed E-state index contributed by atoms with van der Waals surface area (Å²) in [7, 11) is 1.75. The van der Waals surface area contributed by atoms with Crippen LogP contribution in [-0.2, 0) is 7.05 Å². The fourth-order valence-corrected chi connectivity index (χ4v) is 4.69. The number of amides is 2. The van der Waals surface area contributed by atoms with E-state index in [2.05, 4.69) is 15.5 Å². The summed E-state index contributed by atoms with van der Waals surface area (Å²) in [6.07, 6.45) is 2.75. The van der Waals surface area contributed by atoms with Crippen LogP contribution in [0, 0.1) is 17.0 Å². The lowest BCUT2D eigenvalue weighted by molar-refractivity contribution is -0.387. The first kappa shape index (κ1) is 23.4. The maximum Gasteiger partial charge on any atom is 0.284 e. The highest BCUT2D eigenvalue weighted by Crippen LogP contribution is 2.34. The third kappa shape index (κ3) is 5.09. The average molecular weight is 481 g/mol. The second-order valence-electron chi connectivity index (χ2n) is 8.12. The Morgan fingerprint density at radius 2 is 1.91 bits per heavy atom. The van der Waals surface area contributed by atoms with Gasteiger partial charge in [-0.05, 0) is 55.3 Å². The Kier molecular flexibility index (Phi) is 6.92. The van der Waals surface area contributed by atoms with Crippen LogP contribution in [-0.4, -0.2) is 55.5 Å². The smallest absolute Gasteiger partial charge is 0.284 e. The lowest BCUT2D eigenvalue weighted by atomic mass is 10.0. The zero-order chi connectivity index (χ0) is 24.2. The van der Waals surface area contributed by atoms with Crippen molar-refractivity contribution in [3.05, 3.63) is 75.6 Å². The van der Waals surface area contributed by atoms with Gasteiger partial charge in [0.05, 0.1) is 9.82 Å². The Labute approximate surface area is 200 Å². The van der Waals surface area contributed by atoms with Crippen molar-refractivity contribution in [3.8, 4) is 0 Å². The molecule has 2 amide bonds. The van der Waals surface area contributed by atoms with Crippen molar-refractivity contribution in [2.45, 2.75) is 35.9 Å². The number of nitro groups is 1. The van der Waals surface area contributed by atoms with Crippen LogP contribution in [0.3, 0.4) is 0 Å². The summed E-state index contributed by atoms with van der Waals surface area (Å²) in [4.78, 5) is 38.8. The van der Waals surface area contributed by atoms with Crippen LogP contribution in [0.5, 0.6) is 0 Å². The summed E-state index contributed by atoms with van der Waals surface area (Å²) in [5.74, 6) is -0.378. The lowest BCUT2D eigenvalue weighted by Gasteiger charge is -2.32. The highest BCUT2D eigenvalue weighted by atomic mass is 32.2. The SMILES string of the molecule is Cc1ccccc1C(=O)NC1CCN(C(=O)c2ccc(Sc3nncn3C)c([N+](=O)[O-])c2)CC1. The molecule has 0 radical (unpaired) electrons. The first-order valence-electron chi connectivity index (χ1n) is 10.8. The minimum Gasteiger partial charge on any atom is -0.349 e. The summed E-state index contributed by atoms with van der Waals surface area (Å²) < 4.78 is 1.66. The van der Waals surface area contributed by atoms with E-state index in [1.807, 2.05) is 25.1 Å². The molecular weight excluding hydrogens is 456 g/mol. The number of benzene rings is 2. The van der Waals surface area contributed by atoms with Crippen molar-refractivity contribution in [3.63, 3.8) is 0 Å². The Morgan fingerprint density at radius 1 is 1.18 bits per heavy atom. The number of carbonyl (C=O) groups is 2. The van der Waals surface area contributed by atoms with Gasteiger partial charge < -0.3 is 14.8 Å². The molecule has 4 rings (SSSR count). The summed E-state index contributed by atoms with van der Waals surface area (Å²) in [6.45, 7) is 2.81. The first-order valence-corrected chi connectivity index (χ1v) is 11.6. The fraction of sp³-hybridized carbons (Fsp3) is 0.304. The second-order valence-corrected chi connectivity index (χ2v) is 9.13. The largest absolute Gasteiger partial charge is 0.349 e. The lowest BCUT2D eigenvalue weighted by Crippen LogP contribution is -2.46. The molecule has 0 saturated carbocycles.